The van der Waals surface area contributed by atoms with Gasteiger partial charge in [-0.3, -0.25) is 9.69 Å². The van der Waals surface area contributed by atoms with E-state index in [4.69, 9.17) is 8.92 Å². The molecule has 0 bridgehead atoms. The maximum Gasteiger partial charge on any atom is 0.534 e. The minimum atomic E-state index is -6.10. The number of alkyl halides is 3. The zero-order valence-corrected chi connectivity index (χ0v) is 22.9. The minimum absolute atomic E-state index is 0.0163. The van der Waals surface area contributed by atoms with E-state index >= 15 is 0 Å². The van der Waals surface area contributed by atoms with Crippen LogP contribution in [-0.4, -0.2) is 65.5 Å². The predicted molar refractivity (Wildman–Crippen MR) is 141 cm³/mol. The minimum Gasteiger partial charge on any atom is -0.492 e. The van der Waals surface area contributed by atoms with E-state index in [-0.39, 0.29) is 22.1 Å². The number of ether oxygens (including phenoxy) is 1. The van der Waals surface area contributed by atoms with Crippen molar-refractivity contribution in [3.05, 3.63) is 65.7 Å². The second kappa shape index (κ2) is 11.6. The van der Waals surface area contributed by atoms with Crippen molar-refractivity contribution < 1.29 is 47.9 Å². The van der Waals surface area contributed by atoms with Gasteiger partial charge in [0.05, 0.1) is 11.8 Å². The fourth-order valence-corrected chi connectivity index (χ4v) is 5.23. The van der Waals surface area contributed by atoms with E-state index in [0.29, 0.717) is 12.4 Å². The third kappa shape index (κ3) is 7.23. The van der Waals surface area contributed by atoms with Crippen LogP contribution in [0, 0.1) is 0 Å². The van der Waals surface area contributed by atoms with Crippen molar-refractivity contribution in [1.29, 1.82) is 0 Å². The smallest absolute Gasteiger partial charge is 0.492 e. The van der Waals surface area contributed by atoms with Gasteiger partial charge < -0.3 is 13.1 Å². The van der Waals surface area contributed by atoms with Crippen LogP contribution in [0.15, 0.2) is 54.6 Å². The summed E-state index contributed by atoms with van der Waals surface area (Å²) in [4.78, 5) is 15.8. The first-order valence-corrected chi connectivity index (χ1v) is 15.4. The van der Waals surface area contributed by atoms with E-state index in [1.807, 2.05) is 0 Å². The Morgan fingerprint density at radius 2 is 1.52 bits per heavy atom. The summed E-state index contributed by atoms with van der Waals surface area (Å²) in [6.45, 7) is 3.20. The van der Waals surface area contributed by atoms with Gasteiger partial charge in [-0.05, 0) is 85.2 Å². The summed E-state index contributed by atoms with van der Waals surface area (Å²) in [5.74, 6) is -1.30. The molecular formula is C26H26F3NO8S2. The lowest BCUT2D eigenvalue weighted by Crippen LogP contribution is -2.33. The van der Waals surface area contributed by atoms with Gasteiger partial charge in [-0.15, -0.1) is 0 Å². The quantitative estimate of drug-likeness (QED) is 0.188. The maximum atomic E-state index is 13.5. The van der Waals surface area contributed by atoms with Gasteiger partial charge in [0.2, 0.25) is 0 Å². The normalized spacial score (nSPS) is 15.1. The van der Waals surface area contributed by atoms with E-state index in [9.17, 15) is 34.8 Å². The van der Waals surface area contributed by atoms with Crippen molar-refractivity contribution >= 4 is 36.8 Å². The van der Waals surface area contributed by atoms with Crippen molar-refractivity contribution in [1.82, 2.24) is 4.90 Å². The van der Waals surface area contributed by atoms with Gasteiger partial charge in [0.1, 0.15) is 18.1 Å². The molecule has 4 rings (SSSR count). The van der Waals surface area contributed by atoms with E-state index < -0.39 is 42.8 Å². The number of hydrogen-bond donors (Lipinski definition) is 0. The molecule has 0 unspecified atom stereocenters. The Kier molecular flexibility index (Phi) is 8.61. The average molecular weight is 602 g/mol. The van der Waals surface area contributed by atoms with Crippen LogP contribution in [0.5, 0.6) is 17.2 Å². The van der Waals surface area contributed by atoms with Crippen molar-refractivity contribution in [3.8, 4) is 17.2 Å². The number of ketones is 1. The molecule has 1 aliphatic heterocycles. The summed E-state index contributed by atoms with van der Waals surface area (Å²) in [6, 6.07) is 11.6. The molecule has 1 saturated heterocycles. The number of carbonyl (C=O) groups is 1. The number of likely N-dealkylation sites (tertiary alicyclic amines) is 1. The molecule has 3 aromatic rings. The first-order valence-electron chi connectivity index (χ1n) is 12.2. The summed E-state index contributed by atoms with van der Waals surface area (Å²) in [5, 5.41) is 0.210. The molecule has 0 atom stereocenters. The number of nitrogens with zero attached hydrogens (tertiary/aromatic N) is 1. The molecule has 40 heavy (non-hydrogen) atoms. The third-order valence-electron chi connectivity index (χ3n) is 6.15. The topological polar surface area (TPSA) is 116 Å². The maximum absolute atomic E-state index is 13.5. The number of benzene rings is 3. The Bertz CT molecular complexity index is 1600. The fraction of sp³-hybridized carbons (Fsp3) is 0.346. The van der Waals surface area contributed by atoms with Crippen LogP contribution in [0.3, 0.4) is 0 Å². The zero-order valence-electron chi connectivity index (χ0n) is 21.3. The predicted octanol–water partition coefficient (Wildman–Crippen LogP) is 4.50. The molecule has 0 aromatic heterocycles. The second-order valence-corrected chi connectivity index (χ2v) is 12.3. The van der Waals surface area contributed by atoms with Gasteiger partial charge >= 0.3 is 25.7 Å². The third-order valence-corrected chi connectivity index (χ3v) is 7.61. The van der Waals surface area contributed by atoms with Crippen molar-refractivity contribution in [2.24, 2.45) is 0 Å². The fourth-order valence-electron chi connectivity index (χ4n) is 4.31. The van der Waals surface area contributed by atoms with Gasteiger partial charge in [0.25, 0.3) is 0 Å². The van der Waals surface area contributed by atoms with E-state index in [0.717, 1.165) is 44.8 Å². The van der Waals surface area contributed by atoms with Gasteiger partial charge in [0, 0.05) is 12.1 Å². The van der Waals surface area contributed by atoms with Crippen molar-refractivity contribution in [2.75, 3.05) is 32.5 Å². The highest BCUT2D eigenvalue weighted by atomic mass is 32.2. The molecule has 14 heteroatoms. The lowest BCUT2D eigenvalue weighted by molar-refractivity contribution is -0.0500. The highest BCUT2D eigenvalue weighted by Crippen LogP contribution is 2.36. The molecule has 0 aliphatic carbocycles. The molecule has 216 valence electrons. The molecule has 1 fully saturated rings. The summed E-state index contributed by atoms with van der Waals surface area (Å²) in [6.07, 6.45) is 4.33. The van der Waals surface area contributed by atoms with Gasteiger partial charge in [-0.2, -0.15) is 30.0 Å². The molecule has 0 amide bonds. The molecule has 1 heterocycles. The largest absolute Gasteiger partial charge is 0.534 e. The standard InChI is InChI=1S/C26H26F3NO8S2/c1-39(32,33)37-21-10-11-22-19(17-21)7-12-23(38-40(34,35)26(27,28)29)24(22)25(31)18-5-8-20(9-6-18)36-16-15-30-13-3-2-4-14-30/h5-12,17H,2-4,13-16H2,1H3. The molecule has 1 aliphatic rings. The molecule has 0 radical (unpaired) electrons. The molecule has 3 aromatic carbocycles. The summed E-state index contributed by atoms with van der Waals surface area (Å²) >= 11 is 0. The lowest BCUT2D eigenvalue weighted by atomic mass is 9.96. The Hall–Kier alpha value is -3.36. The Morgan fingerprint density at radius 1 is 0.875 bits per heavy atom. The molecular weight excluding hydrogens is 575 g/mol. The molecule has 0 saturated carbocycles. The monoisotopic (exact) mass is 601 g/mol. The molecule has 0 N–H and O–H groups in total. The van der Waals surface area contributed by atoms with E-state index in [1.165, 1.54) is 55.0 Å². The van der Waals surface area contributed by atoms with Crippen LogP contribution in [-0.2, 0) is 20.2 Å². The van der Waals surface area contributed by atoms with Crippen LogP contribution < -0.4 is 13.1 Å². The summed E-state index contributed by atoms with van der Waals surface area (Å²) in [5.41, 5.74) is -6.17. The molecule has 9 nitrogen and oxygen atoms in total. The Labute approximate surface area is 229 Å². The summed E-state index contributed by atoms with van der Waals surface area (Å²) in [7, 11) is -9.99. The van der Waals surface area contributed by atoms with E-state index in [1.54, 1.807) is 0 Å². The van der Waals surface area contributed by atoms with Gasteiger partial charge in [-0.1, -0.05) is 12.5 Å². The number of piperidine rings is 1. The van der Waals surface area contributed by atoms with Gasteiger partial charge in [-0.25, -0.2) is 0 Å². The summed E-state index contributed by atoms with van der Waals surface area (Å²) < 4.78 is 101. The van der Waals surface area contributed by atoms with Crippen molar-refractivity contribution in [3.63, 3.8) is 0 Å². The average Bonchev–Trinajstić information content (AvgIpc) is 2.87. The van der Waals surface area contributed by atoms with Crippen LogP contribution in [0.4, 0.5) is 13.2 Å². The van der Waals surface area contributed by atoms with Crippen LogP contribution >= 0.6 is 0 Å². The lowest BCUT2D eigenvalue weighted by Gasteiger charge is -2.26. The first kappa shape index (κ1) is 29.6. The highest BCUT2D eigenvalue weighted by Gasteiger charge is 2.49. The van der Waals surface area contributed by atoms with Crippen LogP contribution in [0.1, 0.15) is 35.2 Å². The Morgan fingerprint density at radius 3 is 2.15 bits per heavy atom. The number of fused-ring (bicyclic) bond motifs is 1. The first-order chi connectivity index (χ1) is 18.7. The number of hydrogen-bond acceptors (Lipinski definition) is 9. The SMILES string of the molecule is CS(=O)(=O)Oc1ccc2c(C(=O)c3ccc(OCCN4CCCCC4)cc3)c(OS(=O)(=O)C(F)(F)F)ccc2c1. The number of halogens is 3. The van der Waals surface area contributed by atoms with E-state index in [2.05, 4.69) is 9.08 Å². The van der Waals surface area contributed by atoms with Crippen LogP contribution in [0.2, 0.25) is 0 Å². The number of rotatable bonds is 10. The molecule has 0 spiro atoms. The number of carbonyl (C=O) groups excluding carboxylic acids is 1. The Balaban J connectivity index is 1.65. The van der Waals surface area contributed by atoms with Crippen LogP contribution in [0.25, 0.3) is 10.8 Å². The van der Waals surface area contributed by atoms with Crippen molar-refractivity contribution in [2.45, 2.75) is 24.8 Å². The van der Waals surface area contributed by atoms with Gasteiger partial charge in [0.15, 0.2) is 11.5 Å². The highest BCUT2D eigenvalue weighted by molar-refractivity contribution is 7.88. The zero-order chi connectivity index (χ0) is 29.1. The second-order valence-electron chi connectivity index (χ2n) is 9.20.